The fourth-order valence-corrected chi connectivity index (χ4v) is 1.77. The van der Waals surface area contributed by atoms with E-state index in [4.69, 9.17) is 0 Å². The van der Waals surface area contributed by atoms with Crippen molar-refractivity contribution in [2.75, 3.05) is 0 Å². The zero-order valence-corrected chi connectivity index (χ0v) is 10.5. The Morgan fingerprint density at radius 1 is 1.25 bits per heavy atom. The fraction of sp³-hybridized carbons (Fsp3) is 0.769. The zero-order valence-electron chi connectivity index (χ0n) is 10.5. The molecule has 1 heterocycles. The summed E-state index contributed by atoms with van der Waals surface area (Å²) in [5.41, 5.74) is 0.908. The number of aromatic nitrogens is 2. The van der Waals surface area contributed by atoms with Crippen LogP contribution in [0, 0.1) is 0 Å². The molecule has 0 aliphatic carbocycles. The van der Waals surface area contributed by atoms with Gasteiger partial charge in [-0.2, -0.15) is 5.10 Å². The molecule has 0 fully saturated rings. The van der Waals surface area contributed by atoms with Gasteiger partial charge in [-0.25, -0.2) is 0 Å². The van der Waals surface area contributed by atoms with Crippen molar-refractivity contribution >= 4 is 0 Å². The van der Waals surface area contributed by atoms with Gasteiger partial charge in [0, 0.05) is 18.3 Å². The van der Waals surface area contributed by atoms with Crippen LogP contribution in [0.5, 0.6) is 0 Å². The summed E-state index contributed by atoms with van der Waals surface area (Å²) in [5.74, 6) is 0. The van der Waals surface area contributed by atoms with E-state index in [1.807, 2.05) is 10.9 Å². The summed E-state index contributed by atoms with van der Waals surface area (Å²) in [7, 11) is 0. The largest absolute Gasteiger partial charge is 0.389 e. The van der Waals surface area contributed by atoms with E-state index in [1.165, 1.54) is 38.5 Å². The highest BCUT2D eigenvalue weighted by Crippen LogP contribution is 2.11. The lowest BCUT2D eigenvalue weighted by Gasteiger charge is -2.02. The SMILES string of the molecule is CCCCCCCCn1cc(C(C)O)cn1. The van der Waals surface area contributed by atoms with Gasteiger partial charge in [0.05, 0.1) is 12.3 Å². The molecule has 0 spiro atoms. The Morgan fingerprint density at radius 3 is 2.56 bits per heavy atom. The molecule has 0 amide bonds. The van der Waals surface area contributed by atoms with Gasteiger partial charge < -0.3 is 5.11 Å². The molecule has 3 nitrogen and oxygen atoms in total. The van der Waals surface area contributed by atoms with E-state index >= 15 is 0 Å². The van der Waals surface area contributed by atoms with Crippen LogP contribution in [-0.2, 0) is 6.54 Å². The maximum absolute atomic E-state index is 9.35. The molecule has 0 aliphatic rings. The molecular formula is C13H24N2O. The van der Waals surface area contributed by atoms with Gasteiger partial charge in [-0.1, -0.05) is 39.0 Å². The number of aryl methyl sites for hydroxylation is 1. The van der Waals surface area contributed by atoms with E-state index in [2.05, 4.69) is 12.0 Å². The average Bonchev–Trinajstić information content (AvgIpc) is 2.72. The minimum atomic E-state index is -0.404. The highest BCUT2D eigenvalue weighted by atomic mass is 16.3. The highest BCUT2D eigenvalue weighted by molar-refractivity contribution is 5.06. The second-order valence-corrected chi connectivity index (χ2v) is 4.48. The lowest BCUT2D eigenvalue weighted by Crippen LogP contribution is -1.98. The second-order valence-electron chi connectivity index (χ2n) is 4.48. The monoisotopic (exact) mass is 224 g/mol. The molecule has 0 saturated carbocycles. The molecule has 0 aliphatic heterocycles. The first kappa shape index (κ1) is 13.2. The number of hydrogen-bond donors (Lipinski definition) is 1. The van der Waals surface area contributed by atoms with Crippen molar-refractivity contribution < 1.29 is 5.11 Å². The molecule has 1 aromatic heterocycles. The molecule has 16 heavy (non-hydrogen) atoms. The molecule has 1 aromatic rings. The van der Waals surface area contributed by atoms with Gasteiger partial charge >= 0.3 is 0 Å². The van der Waals surface area contributed by atoms with Gasteiger partial charge in [0.1, 0.15) is 0 Å². The minimum absolute atomic E-state index is 0.404. The molecular weight excluding hydrogens is 200 g/mol. The standard InChI is InChI=1S/C13H24N2O/c1-3-4-5-6-7-8-9-15-11-13(10-14-15)12(2)16/h10-12,16H,3-9H2,1-2H3. The predicted molar refractivity (Wildman–Crippen MR) is 66.2 cm³/mol. The molecule has 0 radical (unpaired) electrons. The van der Waals surface area contributed by atoms with Gasteiger partial charge in [-0.15, -0.1) is 0 Å². The van der Waals surface area contributed by atoms with Crippen LogP contribution in [0.3, 0.4) is 0 Å². The Hall–Kier alpha value is -0.830. The number of hydrogen-bond acceptors (Lipinski definition) is 2. The van der Waals surface area contributed by atoms with E-state index in [0.717, 1.165) is 12.1 Å². The number of aliphatic hydroxyl groups is 1. The third kappa shape index (κ3) is 4.79. The molecule has 92 valence electrons. The van der Waals surface area contributed by atoms with Crippen LogP contribution in [0.2, 0.25) is 0 Å². The summed E-state index contributed by atoms with van der Waals surface area (Å²) >= 11 is 0. The normalized spacial score (nSPS) is 12.9. The van der Waals surface area contributed by atoms with E-state index < -0.39 is 6.10 Å². The number of aliphatic hydroxyl groups excluding tert-OH is 1. The van der Waals surface area contributed by atoms with Gasteiger partial charge in [-0.3, -0.25) is 4.68 Å². The lowest BCUT2D eigenvalue weighted by atomic mass is 10.1. The Balaban J connectivity index is 2.12. The van der Waals surface area contributed by atoms with Gasteiger partial charge in [0.25, 0.3) is 0 Å². The zero-order chi connectivity index (χ0) is 11.8. The Labute approximate surface area is 98.5 Å². The van der Waals surface area contributed by atoms with Crippen molar-refractivity contribution in [1.82, 2.24) is 9.78 Å². The van der Waals surface area contributed by atoms with E-state index in [1.54, 1.807) is 13.1 Å². The first-order chi connectivity index (χ1) is 7.74. The number of rotatable bonds is 8. The molecule has 0 saturated heterocycles. The lowest BCUT2D eigenvalue weighted by molar-refractivity contribution is 0.199. The fourth-order valence-electron chi connectivity index (χ4n) is 1.77. The van der Waals surface area contributed by atoms with Crippen LogP contribution in [-0.4, -0.2) is 14.9 Å². The van der Waals surface area contributed by atoms with Crippen molar-refractivity contribution in [3.05, 3.63) is 18.0 Å². The first-order valence-electron chi connectivity index (χ1n) is 6.44. The van der Waals surface area contributed by atoms with Crippen molar-refractivity contribution in [3.8, 4) is 0 Å². The topological polar surface area (TPSA) is 38.0 Å². The van der Waals surface area contributed by atoms with Crippen LogP contribution in [0.25, 0.3) is 0 Å². The van der Waals surface area contributed by atoms with Crippen LogP contribution < -0.4 is 0 Å². The summed E-state index contributed by atoms with van der Waals surface area (Å²) in [6, 6.07) is 0. The minimum Gasteiger partial charge on any atom is -0.389 e. The van der Waals surface area contributed by atoms with Crippen molar-refractivity contribution in [3.63, 3.8) is 0 Å². The van der Waals surface area contributed by atoms with Crippen LogP contribution >= 0.6 is 0 Å². The Bertz CT molecular complexity index is 281. The highest BCUT2D eigenvalue weighted by Gasteiger charge is 2.03. The molecule has 0 bridgehead atoms. The second kappa shape index (κ2) is 7.44. The van der Waals surface area contributed by atoms with Crippen molar-refractivity contribution in [2.45, 2.75) is 65.0 Å². The quantitative estimate of drug-likeness (QED) is 0.688. The Morgan fingerprint density at radius 2 is 1.94 bits per heavy atom. The summed E-state index contributed by atoms with van der Waals surface area (Å²) < 4.78 is 1.93. The smallest absolute Gasteiger partial charge is 0.0792 e. The van der Waals surface area contributed by atoms with Gasteiger partial charge in [0.2, 0.25) is 0 Å². The summed E-state index contributed by atoms with van der Waals surface area (Å²) in [5, 5.41) is 13.6. The third-order valence-electron chi connectivity index (χ3n) is 2.88. The average molecular weight is 224 g/mol. The van der Waals surface area contributed by atoms with Crippen molar-refractivity contribution in [1.29, 1.82) is 0 Å². The third-order valence-corrected chi connectivity index (χ3v) is 2.88. The van der Waals surface area contributed by atoms with Gasteiger partial charge in [-0.05, 0) is 13.3 Å². The summed E-state index contributed by atoms with van der Waals surface area (Å²) in [6.07, 6.45) is 11.1. The van der Waals surface area contributed by atoms with Crippen molar-refractivity contribution in [2.24, 2.45) is 0 Å². The van der Waals surface area contributed by atoms with Gasteiger partial charge in [0.15, 0.2) is 0 Å². The number of unbranched alkanes of at least 4 members (excludes halogenated alkanes) is 5. The predicted octanol–water partition coefficient (Wildman–Crippen LogP) is 3.30. The summed E-state index contributed by atoms with van der Waals surface area (Å²) in [4.78, 5) is 0. The Kier molecular flexibility index (Phi) is 6.16. The van der Waals surface area contributed by atoms with Crippen LogP contribution in [0.1, 0.15) is 64.0 Å². The van der Waals surface area contributed by atoms with E-state index in [-0.39, 0.29) is 0 Å². The van der Waals surface area contributed by atoms with E-state index in [0.29, 0.717) is 0 Å². The maximum atomic E-state index is 9.35. The molecule has 0 aromatic carbocycles. The first-order valence-corrected chi connectivity index (χ1v) is 6.44. The van der Waals surface area contributed by atoms with Crippen LogP contribution in [0.15, 0.2) is 12.4 Å². The van der Waals surface area contributed by atoms with Crippen LogP contribution in [0.4, 0.5) is 0 Å². The molecule has 1 atom stereocenters. The molecule has 1 rings (SSSR count). The maximum Gasteiger partial charge on any atom is 0.0792 e. The molecule has 1 unspecified atom stereocenters. The summed E-state index contributed by atoms with van der Waals surface area (Å²) in [6.45, 7) is 4.98. The molecule has 3 heteroatoms. The van der Waals surface area contributed by atoms with E-state index in [9.17, 15) is 5.11 Å². The molecule has 1 N–H and O–H groups in total. The number of nitrogens with zero attached hydrogens (tertiary/aromatic N) is 2.